The predicted molar refractivity (Wildman–Crippen MR) is 79.2 cm³/mol. The van der Waals surface area contributed by atoms with Gasteiger partial charge in [0.2, 0.25) is 5.91 Å². The summed E-state index contributed by atoms with van der Waals surface area (Å²) in [5.41, 5.74) is 1.76. The molecule has 0 fully saturated rings. The van der Waals surface area contributed by atoms with Crippen LogP contribution in [0.15, 0.2) is 24.3 Å². The zero-order chi connectivity index (χ0) is 15.8. The predicted octanol–water partition coefficient (Wildman–Crippen LogP) is 2.05. The zero-order valence-electron chi connectivity index (χ0n) is 12.4. The number of Topliss-reactive ketones (excluding diaryl/α,β-unsaturated/α-hetero) is 1. The summed E-state index contributed by atoms with van der Waals surface area (Å²) < 4.78 is 0. The van der Waals surface area contributed by atoms with Gasteiger partial charge in [-0.15, -0.1) is 0 Å². The Kier molecular flexibility index (Phi) is 6.59. The molecule has 0 bridgehead atoms. The highest BCUT2D eigenvalue weighted by Gasteiger charge is 2.10. The Morgan fingerprint density at radius 3 is 2.24 bits per heavy atom. The highest BCUT2D eigenvalue weighted by molar-refractivity contribution is 5.98. The van der Waals surface area contributed by atoms with Crippen LogP contribution in [-0.2, 0) is 16.0 Å². The number of carbonyl (C=O) groups excluding carboxylic acids is 2. The molecule has 114 valence electrons. The molecule has 1 aromatic rings. The number of benzene rings is 1. The summed E-state index contributed by atoms with van der Waals surface area (Å²) in [6.07, 6.45) is 1.04. The normalized spacial score (nSPS) is 10.4. The number of carboxylic acid groups (broad SMARTS) is 1. The van der Waals surface area contributed by atoms with E-state index in [0.29, 0.717) is 11.5 Å². The van der Waals surface area contributed by atoms with Crippen molar-refractivity contribution in [1.29, 1.82) is 0 Å². The van der Waals surface area contributed by atoms with Crippen LogP contribution >= 0.6 is 0 Å². The minimum absolute atomic E-state index is 0.000140. The largest absolute Gasteiger partial charge is 0.480 e. The second-order valence-electron chi connectivity index (χ2n) is 5.39. The summed E-state index contributed by atoms with van der Waals surface area (Å²) in [6, 6.07) is 7.40. The van der Waals surface area contributed by atoms with Crippen LogP contribution in [0.25, 0.3) is 0 Å². The van der Waals surface area contributed by atoms with E-state index in [0.717, 1.165) is 6.42 Å². The molecule has 0 aliphatic heterocycles. The van der Waals surface area contributed by atoms with Crippen LogP contribution in [0.5, 0.6) is 0 Å². The van der Waals surface area contributed by atoms with E-state index in [-0.39, 0.29) is 18.6 Å². The first-order valence-corrected chi connectivity index (χ1v) is 6.99. The van der Waals surface area contributed by atoms with Crippen LogP contribution in [0.3, 0.4) is 0 Å². The first-order valence-electron chi connectivity index (χ1n) is 6.99. The summed E-state index contributed by atoms with van der Waals surface area (Å²) in [5, 5.41) is 10.7. The Balaban J connectivity index is 2.45. The van der Waals surface area contributed by atoms with Crippen molar-refractivity contribution in [2.24, 2.45) is 5.92 Å². The number of amides is 1. The quantitative estimate of drug-likeness (QED) is 0.718. The van der Waals surface area contributed by atoms with Gasteiger partial charge in [0.1, 0.15) is 6.54 Å². The molecule has 0 saturated heterocycles. The molecule has 2 N–H and O–H groups in total. The van der Waals surface area contributed by atoms with Crippen molar-refractivity contribution in [1.82, 2.24) is 5.32 Å². The lowest BCUT2D eigenvalue weighted by Crippen LogP contribution is -2.29. The van der Waals surface area contributed by atoms with Crippen molar-refractivity contribution in [3.05, 3.63) is 35.4 Å². The van der Waals surface area contributed by atoms with Crippen molar-refractivity contribution in [3.63, 3.8) is 0 Å². The summed E-state index contributed by atoms with van der Waals surface area (Å²) in [5.74, 6) is -1.08. The maximum absolute atomic E-state index is 11.9. The molecule has 0 aromatic heterocycles. The third-order valence-corrected chi connectivity index (χ3v) is 2.94. The van der Waals surface area contributed by atoms with Crippen molar-refractivity contribution in [2.75, 3.05) is 6.54 Å². The topological polar surface area (TPSA) is 83.5 Å². The average molecular weight is 291 g/mol. The molecule has 0 saturated carbocycles. The van der Waals surface area contributed by atoms with E-state index in [1.807, 2.05) is 12.1 Å². The molecule has 1 rings (SSSR count). The summed E-state index contributed by atoms with van der Waals surface area (Å²) in [4.78, 5) is 33.5. The maximum Gasteiger partial charge on any atom is 0.322 e. The number of hydrogen-bond acceptors (Lipinski definition) is 3. The zero-order valence-corrected chi connectivity index (χ0v) is 12.4. The molecule has 1 aromatic carbocycles. The van der Waals surface area contributed by atoms with Gasteiger partial charge in [0.05, 0.1) is 0 Å². The van der Waals surface area contributed by atoms with E-state index in [1.165, 1.54) is 5.56 Å². The van der Waals surface area contributed by atoms with Crippen LogP contribution in [0.1, 0.15) is 42.6 Å². The van der Waals surface area contributed by atoms with E-state index < -0.39 is 18.4 Å². The minimum Gasteiger partial charge on any atom is -0.480 e. The second kappa shape index (κ2) is 8.19. The Morgan fingerprint density at radius 1 is 1.10 bits per heavy atom. The minimum atomic E-state index is -1.10. The molecule has 0 spiro atoms. The maximum atomic E-state index is 11.9. The van der Waals surface area contributed by atoms with Gasteiger partial charge >= 0.3 is 5.97 Å². The Morgan fingerprint density at radius 2 is 1.71 bits per heavy atom. The van der Waals surface area contributed by atoms with Gasteiger partial charge < -0.3 is 10.4 Å². The van der Waals surface area contributed by atoms with Crippen LogP contribution in [0, 0.1) is 5.92 Å². The third-order valence-electron chi connectivity index (χ3n) is 2.94. The van der Waals surface area contributed by atoms with Gasteiger partial charge in [-0.2, -0.15) is 0 Å². The Labute approximate surface area is 124 Å². The van der Waals surface area contributed by atoms with E-state index in [2.05, 4.69) is 19.2 Å². The fourth-order valence-corrected chi connectivity index (χ4v) is 1.93. The fourth-order valence-electron chi connectivity index (χ4n) is 1.93. The number of ketones is 1. The molecule has 5 nitrogen and oxygen atoms in total. The summed E-state index contributed by atoms with van der Waals surface area (Å²) in [6.45, 7) is 3.85. The number of carboxylic acids is 1. The third kappa shape index (κ3) is 6.70. The monoisotopic (exact) mass is 291 g/mol. The lowest BCUT2D eigenvalue weighted by Gasteiger charge is -2.06. The number of rotatable bonds is 8. The molecule has 0 unspecified atom stereocenters. The molecule has 5 heteroatoms. The van der Waals surface area contributed by atoms with Crippen molar-refractivity contribution >= 4 is 17.7 Å². The highest BCUT2D eigenvalue weighted by atomic mass is 16.4. The number of carbonyl (C=O) groups is 3. The summed E-state index contributed by atoms with van der Waals surface area (Å²) in [7, 11) is 0. The molecule has 0 radical (unpaired) electrons. The SMILES string of the molecule is CC(C)Cc1ccc(C(=O)CCC(=O)NCC(=O)O)cc1. The molecule has 21 heavy (non-hydrogen) atoms. The molecule has 1 amide bonds. The van der Waals surface area contributed by atoms with E-state index in [4.69, 9.17) is 5.11 Å². The Bertz CT molecular complexity index is 506. The number of nitrogens with one attached hydrogen (secondary N) is 1. The van der Waals surface area contributed by atoms with Gasteiger partial charge in [-0.25, -0.2) is 0 Å². The van der Waals surface area contributed by atoms with Crippen LogP contribution in [0.4, 0.5) is 0 Å². The average Bonchev–Trinajstić information content (AvgIpc) is 2.42. The second-order valence-corrected chi connectivity index (χ2v) is 5.39. The first kappa shape index (κ1) is 16.9. The fraction of sp³-hybridized carbons (Fsp3) is 0.438. The molecular weight excluding hydrogens is 270 g/mol. The van der Waals surface area contributed by atoms with Crippen LogP contribution < -0.4 is 5.32 Å². The first-order chi connectivity index (χ1) is 9.88. The summed E-state index contributed by atoms with van der Waals surface area (Å²) >= 11 is 0. The van der Waals surface area contributed by atoms with Crippen LogP contribution in [0.2, 0.25) is 0 Å². The molecule has 0 heterocycles. The molecular formula is C16H21NO4. The van der Waals surface area contributed by atoms with Crippen LogP contribution in [-0.4, -0.2) is 29.3 Å². The number of aliphatic carboxylic acids is 1. The standard InChI is InChI=1S/C16H21NO4/c1-11(2)9-12-3-5-13(6-4-12)14(18)7-8-15(19)17-10-16(20)21/h3-6,11H,7-10H2,1-2H3,(H,17,19)(H,20,21). The van der Waals surface area contributed by atoms with E-state index >= 15 is 0 Å². The van der Waals surface area contributed by atoms with Gasteiger partial charge in [-0.05, 0) is 17.9 Å². The highest BCUT2D eigenvalue weighted by Crippen LogP contribution is 2.11. The smallest absolute Gasteiger partial charge is 0.322 e. The van der Waals surface area contributed by atoms with E-state index in [1.54, 1.807) is 12.1 Å². The van der Waals surface area contributed by atoms with Gasteiger partial charge in [0, 0.05) is 18.4 Å². The van der Waals surface area contributed by atoms with Crippen molar-refractivity contribution in [2.45, 2.75) is 33.1 Å². The van der Waals surface area contributed by atoms with Gasteiger partial charge in [0.25, 0.3) is 0 Å². The Hall–Kier alpha value is -2.17. The van der Waals surface area contributed by atoms with Crippen molar-refractivity contribution in [3.8, 4) is 0 Å². The van der Waals surface area contributed by atoms with Gasteiger partial charge in [0.15, 0.2) is 5.78 Å². The lowest BCUT2D eigenvalue weighted by atomic mass is 9.99. The van der Waals surface area contributed by atoms with Crippen molar-refractivity contribution < 1.29 is 19.5 Å². The van der Waals surface area contributed by atoms with Gasteiger partial charge in [-0.3, -0.25) is 14.4 Å². The van der Waals surface area contributed by atoms with Gasteiger partial charge in [-0.1, -0.05) is 38.1 Å². The molecule has 0 aliphatic carbocycles. The van der Waals surface area contributed by atoms with E-state index in [9.17, 15) is 14.4 Å². The molecule has 0 atom stereocenters. The number of hydrogen-bond donors (Lipinski definition) is 2. The molecule has 0 aliphatic rings. The lowest BCUT2D eigenvalue weighted by molar-refractivity contribution is -0.137.